The number of ether oxygens (including phenoxy) is 4. The van der Waals surface area contributed by atoms with E-state index in [1.807, 2.05) is 0 Å². The molecule has 136 valence electrons. The van der Waals surface area contributed by atoms with Crippen LogP contribution in [0, 0.1) is 0 Å². The molecule has 0 radical (unpaired) electrons. The van der Waals surface area contributed by atoms with E-state index >= 15 is 0 Å². The largest absolute Gasteiger partial charge is 0.493 e. The molecule has 0 N–H and O–H groups in total. The number of benzene rings is 1. The molecule has 2 heterocycles. The zero-order valence-electron chi connectivity index (χ0n) is 14.3. The fourth-order valence-electron chi connectivity index (χ4n) is 2.38. The van der Waals surface area contributed by atoms with Gasteiger partial charge in [0.1, 0.15) is 6.61 Å². The Bertz CT molecular complexity index is 985. The van der Waals surface area contributed by atoms with Gasteiger partial charge in [0.25, 0.3) is 5.56 Å². The molecule has 8 nitrogen and oxygen atoms in total. The van der Waals surface area contributed by atoms with Crippen LogP contribution in [0.3, 0.4) is 0 Å². The van der Waals surface area contributed by atoms with Gasteiger partial charge >= 0.3 is 5.97 Å². The average molecular weight is 376 g/mol. The SMILES string of the molecule is COc1cc(C(=O)OCc2cc(=O)n3ccsc3n2)cc(OC)c1OC. The highest BCUT2D eigenvalue weighted by atomic mass is 32.1. The maximum atomic E-state index is 12.4. The molecule has 0 bridgehead atoms. The van der Waals surface area contributed by atoms with Crippen molar-refractivity contribution in [3.63, 3.8) is 0 Å². The number of thiazole rings is 1. The number of rotatable bonds is 6. The maximum absolute atomic E-state index is 12.4. The van der Waals surface area contributed by atoms with Gasteiger partial charge in [0.05, 0.1) is 32.6 Å². The van der Waals surface area contributed by atoms with Crippen molar-refractivity contribution in [1.82, 2.24) is 9.38 Å². The molecule has 0 saturated heterocycles. The summed E-state index contributed by atoms with van der Waals surface area (Å²) in [4.78, 5) is 29.2. The normalized spacial score (nSPS) is 10.6. The third-order valence-electron chi connectivity index (χ3n) is 3.61. The minimum atomic E-state index is -0.600. The van der Waals surface area contributed by atoms with Gasteiger partial charge in [0.2, 0.25) is 5.75 Å². The summed E-state index contributed by atoms with van der Waals surface area (Å²) in [6, 6.07) is 4.32. The number of aromatic nitrogens is 2. The lowest BCUT2D eigenvalue weighted by Crippen LogP contribution is -2.14. The second kappa shape index (κ2) is 7.44. The van der Waals surface area contributed by atoms with Crippen molar-refractivity contribution in [2.24, 2.45) is 0 Å². The summed E-state index contributed by atoms with van der Waals surface area (Å²) in [6.45, 7) is -0.126. The van der Waals surface area contributed by atoms with E-state index in [1.165, 1.54) is 55.3 Å². The number of esters is 1. The third-order valence-corrected chi connectivity index (χ3v) is 4.36. The Labute approximate surface area is 152 Å². The predicted molar refractivity (Wildman–Crippen MR) is 94.6 cm³/mol. The first-order valence-corrected chi connectivity index (χ1v) is 8.38. The van der Waals surface area contributed by atoms with Crippen LogP contribution >= 0.6 is 11.3 Å². The minimum Gasteiger partial charge on any atom is -0.493 e. The van der Waals surface area contributed by atoms with Gasteiger partial charge in [-0.2, -0.15) is 0 Å². The Balaban J connectivity index is 1.82. The fraction of sp³-hybridized carbons (Fsp3) is 0.235. The number of fused-ring (bicyclic) bond motifs is 1. The highest BCUT2D eigenvalue weighted by molar-refractivity contribution is 7.15. The van der Waals surface area contributed by atoms with Gasteiger partial charge in [-0.05, 0) is 12.1 Å². The van der Waals surface area contributed by atoms with Crippen LogP contribution in [-0.2, 0) is 11.3 Å². The lowest BCUT2D eigenvalue weighted by molar-refractivity contribution is 0.0467. The second-order valence-corrected chi connectivity index (χ2v) is 6.00. The van der Waals surface area contributed by atoms with Crippen LogP contribution in [0.1, 0.15) is 16.1 Å². The van der Waals surface area contributed by atoms with Crippen LogP contribution in [0.4, 0.5) is 0 Å². The standard InChI is InChI=1S/C17H16N2O6S/c1-22-12-6-10(7-13(23-2)15(12)24-3)16(21)25-9-11-8-14(20)19-4-5-26-17(19)18-11/h4-8H,9H2,1-3H3. The molecule has 9 heteroatoms. The van der Waals surface area contributed by atoms with Gasteiger partial charge < -0.3 is 18.9 Å². The molecule has 0 aliphatic heterocycles. The van der Waals surface area contributed by atoms with Crippen LogP contribution in [-0.4, -0.2) is 36.7 Å². The number of hydrogen-bond donors (Lipinski definition) is 0. The van der Waals surface area contributed by atoms with Gasteiger partial charge in [-0.3, -0.25) is 9.20 Å². The van der Waals surface area contributed by atoms with Crippen molar-refractivity contribution in [3.8, 4) is 17.2 Å². The maximum Gasteiger partial charge on any atom is 0.338 e. The molecular weight excluding hydrogens is 360 g/mol. The zero-order chi connectivity index (χ0) is 18.7. The van der Waals surface area contributed by atoms with E-state index in [4.69, 9.17) is 18.9 Å². The Morgan fingerprint density at radius 2 is 1.81 bits per heavy atom. The van der Waals surface area contributed by atoms with Crippen molar-refractivity contribution in [1.29, 1.82) is 0 Å². The molecule has 0 fully saturated rings. The molecule has 0 atom stereocenters. The molecular formula is C17H16N2O6S. The smallest absolute Gasteiger partial charge is 0.338 e. The fourth-order valence-corrected chi connectivity index (χ4v) is 3.12. The molecule has 26 heavy (non-hydrogen) atoms. The van der Waals surface area contributed by atoms with Crippen LogP contribution in [0.2, 0.25) is 0 Å². The first-order valence-electron chi connectivity index (χ1n) is 7.50. The first kappa shape index (κ1) is 17.7. The zero-order valence-corrected chi connectivity index (χ0v) is 15.2. The van der Waals surface area contributed by atoms with Crippen molar-refractivity contribution in [2.45, 2.75) is 6.61 Å². The topological polar surface area (TPSA) is 88.4 Å². The summed E-state index contributed by atoms with van der Waals surface area (Å²) in [6.07, 6.45) is 1.64. The highest BCUT2D eigenvalue weighted by Gasteiger charge is 2.18. The molecule has 0 aliphatic carbocycles. The number of carbonyl (C=O) groups is 1. The monoisotopic (exact) mass is 376 g/mol. The van der Waals surface area contributed by atoms with E-state index in [1.54, 1.807) is 11.6 Å². The molecule has 3 rings (SSSR count). The summed E-state index contributed by atoms with van der Waals surface area (Å²) in [5.41, 5.74) is 0.377. The van der Waals surface area contributed by atoms with Crippen LogP contribution < -0.4 is 19.8 Å². The lowest BCUT2D eigenvalue weighted by Gasteiger charge is -2.13. The van der Waals surface area contributed by atoms with Crippen LogP contribution in [0.25, 0.3) is 4.96 Å². The quantitative estimate of drug-likeness (QED) is 0.609. The summed E-state index contributed by atoms with van der Waals surface area (Å²) in [7, 11) is 4.39. The van der Waals surface area contributed by atoms with Gasteiger partial charge in [-0.1, -0.05) is 0 Å². The van der Waals surface area contributed by atoms with Gasteiger partial charge in [-0.25, -0.2) is 9.78 Å². The molecule has 0 aliphatic rings. The number of hydrogen-bond acceptors (Lipinski definition) is 8. The molecule has 2 aromatic heterocycles. The van der Waals surface area contributed by atoms with Crippen molar-refractivity contribution >= 4 is 22.3 Å². The Hall–Kier alpha value is -3.07. The van der Waals surface area contributed by atoms with Crippen molar-refractivity contribution in [2.75, 3.05) is 21.3 Å². The van der Waals surface area contributed by atoms with Gasteiger partial charge in [-0.15, -0.1) is 11.3 Å². The molecule has 0 amide bonds. The number of carbonyl (C=O) groups excluding carboxylic acids is 1. The summed E-state index contributed by atoms with van der Waals surface area (Å²) >= 11 is 1.32. The van der Waals surface area contributed by atoms with Gasteiger partial charge in [0.15, 0.2) is 16.5 Å². The second-order valence-electron chi connectivity index (χ2n) is 5.13. The van der Waals surface area contributed by atoms with E-state index in [-0.39, 0.29) is 17.7 Å². The molecule has 0 unspecified atom stereocenters. The summed E-state index contributed by atoms with van der Waals surface area (Å²) < 4.78 is 22.4. The highest BCUT2D eigenvalue weighted by Crippen LogP contribution is 2.38. The number of nitrogens with zero attached hydrogens (tertiary/aromatic N) is 2. The van der Waals surface area contributed by atoms with Gasteiger partial charge in [0, 0.05) is 17.6 Å². The first-order chi connectivity index (χ1) is 12.6. The van der Waals surface area contributed by atoms with E-state index in [9.17, 15) is 9.59 Å². The number of methoxy groups -OCH3 is 3. The average Bonchev–Trinajstić information content (AvgIpc) is 3.14. The van der Waals surface area contributed by atoms with Crippen molar-refractivity contribution < 1.29 is 23.7 Å². The van der Waals surface area contributed by atoms with E-state index < -0.39 is 5.97 Å². The Morgan fingerprint density at radius 1 is 1.12 bits per heavy atom. The third kappa shape index (κ3) is 3.33. The van der Waals surface area contributed by atoms with Crippen LogP contribution in [0.5, 0.6) is 17.2 Å². The van der Waals surface area contributed by atoms with Crippen molar-refractivity contribution in [3.05, 3.63) is 51.4 Å². The van der Waals surface area contributed by atoms with Crippen LogP contribution in [0.15, 0.2) is 34.6 Å². The molecule has 3 aromatic rings. The minimum absolute atomic E-state index is 0.126. The Morgan fingerprint density at radius 3 is 2.42 bits per heavy atom. The summed E-state index contributed by atoms with van der Waals surface area (Å²) in [5.74, 6) is 0.465. The van der Waals surface area contributed by atoms with E-state index in [2.05, 4.69) is 4.98 Å². The predicted octanol–water partition coefficient (Wildman–Crippen LogP) is 2.14. The van der Waals surface area contributed by atoms with E-state index in [0.29, 0.717) is 27.9 Å². The molecule has 0 spiro atoms. The summed E-state index contributed by atoms with van der Waals surface area (Å²) in [5, 5.41) is 1.76. The molecule has 1 aromatic carbocycles. The molecule has 0 saturated carbocycles. The Kier molecular flexibility index (Phi) is 5.08. The van der Waals surface area contributed by atoms with E-state index in [0.717, 1.165) is 0 Å². The lowest BCUT2D eigenvalue weighted by atomic mass is 10.2.